The highest BCUT2D eigenvalue weighted by Crippen LogP contribution is 2.68. The highest BCUT2D eigenvalue weighted by molar-refractivity contribution is 6.00. The Bertz CT molecular complexity index is 1040. The lowest BCUT2D eigenvalue weighted by molar-refractivity contribution is -0.932. The molecule has 7 aliphatic rings. The molecule has 8 rings (SSSR count). The van der Waals surface area contributed by atoms with Crippen LogP contribution in [0.3, 0.4) is 0 Å². The number of quaternary nitrogens is 1. The molecule has 5 bridgehead atoms. The number of hydrogen-bond donors (Lipinski definition) is 0. The summed E-state index contributed by atoms with van der Waals surface area (Å²) in [5.74, 6) is 3.17. The summed E-state index contributed by atoms with van der Waals surface area (Å²) in [5, 5.41) is 14.5. The van der Waals surface area contributed by atoms with Crippen molar-refractivity contribution in [3.05, 3.63) is 28.5 Å². The molecule has 0 amide bonds. The third-order valence-corrected chi connectivity index (χ3v) is 8.36. The zero-order valence-electron chi connectivity index (χ0n) is 17.1. The number of hydrogen-bond acceptors (Lipinski definition) is 7. The Kier molecular flexibility index (Phi) is 3.18. The van der Waals surface area contributed by atoms with Crippen LogP contribution in [0, 0.1) is 17.0 Å². The van der Waals surface area contributed by atoms with Crippen molar-refractivity contribution in [3.8, 4) is 17.2 Å². The van der Waals surface area contributed by atoms with Gasteiger partial charge in [-0.1, -0.05) is 6.08 Å². The van der Waals surface area contributed by atoms with Crippen molar-refractivity contribution in [1.29, 1.82) is 0 Å². The van der Waals surface area contributed by atoms with E-state index in [1.807, 2.05) is 6.07 Å². The van der Waals surface area contributed by atoms with Gasteiger partial charge in [-0.05, 0) is 5.57 Å². The molecule has 5 fully saturated rings. The number of hydroxylamine groups is 3. The van der Waals surface area contributed by atoms with E-state index in [0.29, 0.717) is 48.8 Å². The molecule has 8 heteroatoms. The zero-order valence-corrected chi connectivity index (χ0v) is 17.1. The normalized spacial score (nSPS) is 42.1. The van der Waals surface area contributed by atoms with Gasteiger partial charge in [-0.25, -0.2) is 4.99 Å². The Morgan fingerprint density at radius 3 is 3.07 bits per heavy atom. The molecular weight excluding hydrogens is 388 g/mol. The average Bonchev–Trinajstić information content (AvgIpc) is 3.31. The van der Waals surface area contributed by atoms with Crippen LogP contribution in [0.4, 0.5) is 5.69 Å². The molecule has 7 aliphatic heterocycles. The first-order valence-electron chi connectivity index (χ1n) is 10.6. The van der Waals surface area contributed by atoms with Crippen LogP contribution in [0.5, 0.6) is 17.2 Å². The molecule has 8 nitrogen and oxygen atoms in total. The lowest BCUT2D eigenvalue weighted by Crippen LogP contribution is -2.70. The zero-order chi connectivity index (χ0) is 20.3. The van der Waals surface area contributed by atoms with E-state index in [1.165, 1.54) is 5.57 Å². The number of piperidine rings is 3. The molecule has 6 atom stereocenters. The van der Waals surface area contributed by atoms with E-state index in [-0.39, 0.29) is 29.4 Å². The Balaban J connectivity index is 1.44. The molecule has 7 heterocycles. The molecule has 1 aromatic carbocycles. The molecule has 158 valence electrons. The highest BCUT2D eigenvalue weighted by Gasteiger charge is 2.75. The van der Waals surface area contributed by atoms with Gasteiger partial charge in [-0.15, -0.1) is 0 Å². The predicted octanol–water partition coefficient (Wildman–Crippen LogP) is 2.41. The van der Waals surface area contributed by atoms with Gasteiger partial charge in [0.05, 0.1) is 38.0 Å². The third-order valence-electron chi connectivity index (χ3n) is 8.36. The van der Waals surface area contributed by atoms with E-state index in [4.69, 9.17) is 28.7 Å². The van der Waals surface area contributed by atoms with Crippen LogP contribution in [0.1, 0.15) is 18.4 Å². The van der Waals surface area contributed by atoms with Gasteiger partial charge in [-0.3, -0.25) is 0 Å². The van der Waals surface area contributed by atoms with E-state index in [1.54, 1.807) is 14.2 Å². The molecule has 0 N–H and O–H groups in total. The van der Waals surface area contributed by atoms with E-state index in [9.17, 15) is 5.21 Å². The van der Waals surface area contributed by atoms with Crippen LogP contribution in [0.2, 0.25) is 0 Å². The Morgan fingerprint density at radius 1 is 1.33 bits per heavy atom. The van der Waals surface area contributed by atoms with Crippen molar-refractivity contribution in [3.63, 3.8) is 0 Å². The van der Waals surface area contributed by atoms with E-state index in [0.717, 1.165) is 24.1 Å². The minimum atomic E-state index is -0.551. The third kappa shape index (κ3) is 1.75. The summed E-state index contributed by atoms with van der Waals surface area (Å²) in [6.45, 7) is 1.79. The Morgan fingerprint density at radius 2 is 2.23 bits per heavy atom. The number of benzene rings is 1. The minimum absolute atomic E-state index is 0.0159. The molecule has 0 aromatic heterocycles. The second-order valence-corrected chi connectivity index (χ2v) is 9.28. The number of rotatable bonds is 3. The summed E-state index contributed by atoms with van der Waals surface area (Å²) in [7, 11) is 3.34. The van der Waals surface area contributed by atoms with E-state index < -0.39 is 5.41 Å². The molecule has 5 saturated heterocycles. The number of aliphatic imine (C=N–C) groups is 1. The van der Waals surface area contributed by atoms with Gasteiger partial charge in [0.1, 0.15) is 18.0 Å². The van der Waals surface area contributed by atoms with Crippen LogP contribution in [-0.2, 0) is 14.9 Å². The van der Waals surface area contributed by atoms with Gasteiger partial charge >= 0.3 is 0 Å². The number of ether oxygens (including phenoxy) is 5. The van der Waals surface area contributed by atoms with Gasteiger partial charge in [0.15, 0.2) is 11.5 Å². The van der Waals surface area contributed by atoms with Gasteiger partial charge < -0.3 is 33.5 Å². The summed E-state index contributed by atoms with van der Waals surface area (Å²) in [4.78, 5) is 4.89. The maximum Gasteiger partial charge on any atom is 0.231 e. The quantitative estimate of drug-likeness (QED) is 0.431. The molecule has 0 aliphatic carbocycles. The van der Waals surface area contributed by atoms with Crippen molar-refractivity contribution < 1.29 is 28.3 Å². The highest BCUT2D eigenvalue weighted by atomic mass is 16.7. The van der Waals surface area contributed by atoms with Crippen LogP contribution < -0.4 is 14.2 Å². The minimum Gasteiger partial charge on any atom is -0.632 e. The van der Waals surface area contributed by atoms with E-state index in [2.05, 4.69) is 6.08 Å². The van der Waals surface area contributed by atoms with E-state index >= 15 is 0 Å². The summed E-state index contributed by atoms with van der Waals surface area (Å²) in [6, 6.07) is 1.80. The van der Waals surface area contributed by atoms with Crippen molar-refractivity contribution >= 4 is 11.6 Å². The van der Waals surface area contributed by atoms with Gasteiger partial charge in [0, 0.05) is 37.5 Å². The first-order valence-corrected chi connectivity index (χ1v) is 10.6. The van der Waals surface area contributed by atoms with Crippen LogP contribution in [0.25, 0.3) is 0 Å². The molecular formula is C22H24N2O6. The molecule has 2 unspecified atom stereocenters. The second-order valence-electron chi connectivity index (χ2n) is 9.28. The fourth-order valence-electron chi connectivity index (χ4n) is 7.32. The van der Waals surface area contributed by atoms with Crippen molar-refractivity contribution in [1.82, 2.24) is 0 Å². The second kappa shape index (κ2) is 5.49. The summed E-state index contributed by atoms with van der Waals surface area (Å²) in [6.07, 6.45) is 3.71. The fourth-order valence-corrected chi connectivity index (χ4v) is 7.32. The monoisotopic (exact) mass is 412 g/mol. The fraction of sp³-hybridized carbons (Fsp3) is 0.591. The standard InChI is InChI=1S/C22H24N2O6/c1-26-4-3-11-8-24(25)15-7-22-17(24)5-12(11)13(15)9-28-21(22)23-14-6-16-19(30-10-29-16)20(27-2)18(14)22/h3,6,12-13,15,17H,4-5,7-10H2,1-2H3/b11-3+/t12-,13?,15+,17+,22-,24?/m1/s1. The van der Waals surface area contributed by atoms with Crippen molar-refractivity contribution in [2.75, 3.05) is 40.8 Å². The largest absolute Gasteiger partial charge is 0.632 e. The Hall–Kier alpha value is -2.29. The first kappa shape index (κ1) is 17.4. The predicted molar refractivity (Wildman–Crippen MR) is 106 cm³/mol. The van der Waals surface area contributed by atoms with Crippen molar-refractivity contribution in [2.24, 2.45) is 16.8 Å². The lowest BCUT2D eigenvalue weighted by Gasteiger charge is -2.63. The number of methoxy groups -OCH3 is 2. The summed E-state index contributed by atoms with van der Waals surface area (Å²) < 4.78 is 28.6. The van der Waals surface area contributed by atoms with Gasteiger partial charge in [0.2, 0.25) is 18.4 Å². The van der Waals surface area contributed by atoms with Crippen LogP contribution in [-0.4, -0.2) is 63.4 Å². The first-order chi connectivity index (χ1) is 14.6. The van der Waals surface area contributed by atoms with Gasteiger partial charge in [0.25, 0.3) is 0 Å². The number of fused-ring (bicyclic) bond motifs is 3. The molecule has 30 heavy (non-hydrogen) atoms. The topological polar surface area (TPSA) is 81.6 Å². The van der Waals surface area contributed by atoms with Gasteiger partial charge in [-0.2, -0.15) is 0 Å². The maximum atomic E-state index is 14.5. The van der Waals surface area contributed by atoms with Crippen molar-refractivity contribution in [2.45, 2.75) is 30.3 Å². The summed E-state index contributed by atoms with van der Waals surface area (Å²) in [5.41, 5.74) is 2.43. The van der Waals surface area contributed by atoms with Crippen LogP contribution >= 0.6 is 0 Å². The lowest BCUT2D eigenvalue weighted by atomic mass is 9.67. The molecule has 1 spiro atoms. The number of nitrogens with zero attached hydrogens (tertiary/aromatic N) is 2. The van der Waals surface area contributed by atoms with Crippen LogP contribution in [0.15, 0.2) is 22.7 Å². The maximum absolute atomic E-state index is 14.5. The molecule has 1 aromatic rings. The SMILES string of the molecule is COC/C=C1\C[N+]2([O-])[C@H]3C[C@]45C(=Nc6cc7c(c(OC)c64)OCO7)OCC3[C@@H]1C[C@@H]52. The molecule has 0 radical (unpaired) electrons. The molecule has 0 saturated carbocycles. The summed E-state index contributed by atoms with van der Waals surface area (Å²) >= 11 is 0. The Labute approximate surface area is 174 Å². The smallest absolute Gasteiger partial charge is 0.231 e. The average molecular weight is 412 g/mol.